The molecule has 0 aromatic heterocycles. The summed E-state index contributed by atoms with van der Waals surface area (Å²) >= 11 is 4.27. The Morgan fingerprint density at radius 2 is 1.06 bits per heavy atom. The van der Waals surface area contributed by atoms with Crippen LogP contribution in [0.1, 0.15) is 113 Å². The summed E-state index contributed by atoms with van der Waals surface area (Å²) in [5, 5.41) is 0.904. The average molecular weight is 551 g/mol. The monoisotopic (exact) mass is 550 g/mol. The molecule has 1 atom stereocenters. The first-order chi connectivity index (χ1) is 17.3. The van der Waals surface area contributed by atoms with Gasteiger partial charge in [0.2, 0.25) is 0 Å². The summed E-state index contributed by atoms with van der Waals surface area (Å²) < 4.78 is 15.9. The molecule has 0 saturated heterocycles. The molecule has 0 aliphatic carbocycles. The topological polar surface area (TPSA) is 78.9 Å². The van der Waals surface area contributed by atoms with Crippen molar-refractivity contribution in [1.82, 2.24) is 0 Å². The number of carbonyl (C=O) groups is 3. The van der Waals surface area contributed by atoms with Crippen LogP contribution in [0.15, 0.2) is 0 Å². The summed E-state index contributed by atoms with van der Waals surface area (Å²) in [7, 11) is 0. The van der Waals surface area contributed by atoms with Crippen LogP contribution < -0.4 is 0 Å². The molecule has 0 heterocycles. The first-order valence-electron chi connectivity index (χ1n) is 13.9. The summed E-state index contributed by atoms with van der Waals surface area (Å²) in [5.74, 6) is 3.14. The summed E-state index contributed by atoms with van der Waals surface area (Å²) in [5.41, 5.74) is -0.698. The molecule has 0 fully saturated rings. The Kier molecular flexibility index (Phi) is 26.6. The average Bonchev–Trinajstić information content (AvgIpc) is 2.87. The summed E-state index contributed by atoms with van der Waals surface area (Å²) in [6.07, 6.45) is 7.66. The maximum atomic E-state index is 11.6. The van der Waals surface area contributed by atoms with Crippen molar-refractivity contribution in [2.45, 2.75) is 118 Å². The summed E-state index contributed by atoms with van der Waals surface area (Å²) in [6.45, 7) is 14.6. The Labute approximate surface area is 230 Å². The lowest BCUT2D eigenvalue weighted by Gasteiger charge is -2.31. The molecule has 0 saturated carbocycles. The van der Waals surface area contributed by atoms with E-state index in [2.05, 4.69) is 44.3 Å². The van der Waals surface area contributed by atoms with E-state index in [0.29, 0.717) is 44.9 Å². The van der Waals surface area contributed by atoms with Gasteiger partial charge in [0.25, 0.3) is 0 Å². The van der Waals surface area contributed by atoms with Crippen molar-refractivity contribution in [2.75, 3.05) is 37.1 Å². The molecule has 8 heteroatoms. The second kappa shape index (κ2) is 25.7. The highest BCUT2D eigenvalue weighted by atomic mass is 32.2. The number of hydrogen-bond acceptors (Lipinski definition) is 8. The molecule has 6 nitrogen and oxygen atoms in total. The summed E-state index contributed by atoms with van der Waals surface area (Å²) in [4.78, 5) is 34.9. The maximum Gasteiger partial charge on any atom is 0.305 e. The van der Waals surface area contributed by atoms with Gasteiger partial charge in [0, 0.05) is 30.3 Å². The van der Waals surface area contributed by atoms with Crippen LogP contribution >= 0.6 is 23.5 Å². The van der Waals surface area contributed by atoms with Crippen molar-refractivity contribution in [3.63, 3.8) is 0 Å². The Hall–Kier alpha value is -0.890. The molecule has 0 N–H and O–H groups in total. The van der Waals surface area contributed by atoms with Gasteiger partial charge in [-0.05, 0) is 56.5 Å². The van der Waals surface area contributed by atoms with Crippen LogP contribution in [0.4, 0.5) is 0 Å². The van der Waals surface area contributed by atoms with Crippen molar-refractivity contribution in [1.29, 1.82) is 0 Å². The molecule has 0 aromatic carbocycles. The van der Waals surface area contributed by atoms with Crippen LogP contribution in [0.5, 0.6) is 0 Å². The Morgan fingerprint density at radius 3 is 1.36 bits per heavy atom. The third-order valence-electron chi connectivity index (χ3n) is 5.40. The normalized spacial score (nSPS) is 11.8. The minimum atomic E-state index is -0.698. The molecular weight excluding hydrogens is 496 g/mol. The largest absolute Gasteiger partial charge is 0.465 e. The van der Waals surface area contributed by atoms with Crippen molar-refractivity contribution >= 4 is 41.4 Å². The van der Waals surface area contributed by atoms with E-state index in [1.54, 1.807) is 0 Å². The van der Waals surface area contributed by atoms with Gasteiger partial charge >= 0.3 is 17.9 Å². The predicted molar refractivity (Wildman–Crippen MR) is 155 cm³/mol. The lowest BCUT2D eigenvalue weighted by atomic mass is 9.88. The van der Waals surface area contributed by atoms with Crippen LogP contribution in [0.3, 0.4) is 0 Å². The molecule has 0 aromatic rings. The number of hydrogen-bond donors (Lipinski definition) is 0. The highest BCUT2D eigenvalue weighted by Crippen LogP contribution is 2.25. The molecule has 1 unspecified atom stereocenters. The SMILES string of the molecule is CCCC(=O)OCC(CC)(COC(=O)CCC)COC(=O)CCC.CCCSCC(CC)SCCC. The van der Waals surface area contributed by atoms with Crippen LogP contribution in [0, 0.1) is 5.41 Å². The minimum absolute atomic E-state index is 0.0706. The number of carbonyl (C=O) groups excluding carboxylic acids is 3. The zero-order chi connectivity index (χ0) is 27.7. The quantitative estimate of drug-likeness (QED) is 0.0827. The molecule has 0 bridgehead atoms. The van der Waals surface area contributed by atoms with Gasteiger partial charge in [0.15, 0.2) is 0 Å². The van der Waals surface area contributed by atoms with Crippen molar-refractivity contribution in [3.8, 4) is 0 Å². The van der Waals surface area contributed by atoms with Crippen molar-refractivity contribution in [2.24, 2.45) is 5.41 Å². The Morgan fingerprint density at radius 1 is 0.639 bits per heavy atom. The second-order valence-electron chi connectivity index (χ2n) is 9.06. The van der Waals surface area contributed by atoms with Crippen LogP contribution in [0.2, 0.25) is 0 Å². The predicted octanol–water partition coefficient (Wildman–Crippen LogP) is 7.46. The second-order valence-corrected chi connectivity index (χ2v) is 11.6. The molecule has 0 aliphatic rings. The third-order valence-corrected chi connectivity index (χ3v) is 8.56. The van der Waals surface area contributed by atoms with Crippen LogP contribution in [-0.2, 0) is 28.6 Å². The fourth-order valence-corrected chi connectivity index (χ4v) is 5.32. The zero-order valence-electron chi connectivity index (χ0n) is 24.2. The van der Waals surface area contributed by atoms with E-state index in [1.807, 2.05) is 27.7 Å². The molecule has 0 amide bonds. The van der Waals surface area contributed by atoms with Crippen LogP contribution in [0.25, 0.3) is 0 Å². The highest BCUT2D eigenvalue weighted by Gasteiger charge is 2.34. The minimum Gasteiger partial charge on any atom is -0.465 e. The van der Waals surface area contributed by atoms with E-state index >= 15 is 0 Å². The van der Waals surface area contributed by atoms with E-state index in [1.165, 1.54) is 36.5 Å². The first kappa shape index (κ1) is 37.3. The fraction of sp³-hybridized carbons (Fsp3) is 0.893. The Balaban J connectivity index is 0. The van der Waals surface area contributed by atoms with Gasteiger partial charge in [0.1, 0.15) is 19.8 Å². The molecule has 0 aliphatic heterocycles. The number of rotatable bonds is 21. The van der Waals surface area contributed by atoms with E-state index in [9.17, 15) is 14.4 Å². The van der Waals surface area contributed by atoms with Gasteiger partial charge in [-0.15, -0.1) is 0 Å². The smallest absolute Gasteiger partial charge is 0.305 e. The van der Waals surface area contributed by atoms with E-state index < -0.39 is 5.41 Å². The molecule has 0 spiro atoms. The van der Waals surface area contributed by atoms with Crippen molar-refractivity contribution < 1.29 is 28.6 Å². The van der Waals surface area contributed by atoms with Gasteiger partial charge in [0.05, 0.1) is 5.41 Å². The first-order valence-corrected chi connectivity index (χ1v) is 16.1. The highest BCUT2D eigenvalue weighted by molar-refractivity contribution is 8.03. The Bertz CT molecular complexity index is 501. The van der Waals surface area contributed by atoms with E-state index in [-0.39, 0.29) is 37.7 Å². The van der Waals surface area contributed by atoms with E-state index in [4.69, 9.17) is 14.2 Å². The van der Waals surface area contributed by atoms with Gasteiger partial charge in [-0.25, -0.2) is 0 Å². The third kappa shape index (κ3) is 21.2. The van der Waals surface area contributed by atoms with Gasteiger partial charge in [-0.3, -0.25) is 14.4 Å². The molecule has 0 radical (unpaired) electrons. The molecule has 214 valence electrons. The molecule has 36 heavy (non-hydrogen) atoms. The number of thioether (sulfide) groups is 2. The standard InChI is InChI=1S/C18H32O6.C10H22S2/c1-5-9-15(19)22-12-18(8-4,13-23-16(20)10-6-2)14-24-17(21)11-7-3;1-4-7-11-9-10(6-3)12-8-5-2/h5-14H2,1-4H3;10H,4-9H2,1-3H3. The van der Waals surface area contributed by atoms with Gasteiger partial charge in [-0.2, -0.15) is 23.5 Å². The van der Waals surface area contributed by atoms with Gasteiger partial charge < -0.3 is 14.2 Å². The summed E-state index contributed by atoms with van der Waals surface area (Å²) in [6, 6.07) is 0. The van der Waals surface area contributed by atoms with Crippen molar-refractivity contribution in [3.05, 3.63) is 0 Å². The number of esters is 3. The molecular formula is C28H54O6S2. The van der Waals surface area contributed by atoms with Gasteiger partial charge in [-0.1, -0.05) is 48.5 Å². The lowest BCUT2D eigenvalue weighted by molar-refractivity contribution is -0.162. The fourth-order valence-electron chi connectivity index (χ4n) is 2.89. The van der Waals surface area contributed by atoms with E-state index in [0.717, 1.165) is 5.25 Å². The molecule has 0 rings (SSSR count). The van der Waals surface area contributed by atoms with Crippen LogP contribution in [-0.4, -0.2) is 60.2 Å². The number of ether oxygens (including phenoxy) is 3. The maximum absolute atomic E-state index is 11.6. The lowest BCUT2D eigenvalue weighted by Crippen LogP contribution is -2.39. The zero-order valence-corrected chi connectivity index (χ0v) is 25.8.